The molecule has 0 saturated heterocycles. The molecule has 0 unspecified atom stereocenters. The summed E-state index contributed by atoms with van der Waals surface area (Å²) >= 11 is 0. The number of ether oxygens (including phenoxy) is 1. The summed E-state index contributed by atoms with van der Waals surface area (Å²) in [6, 6.07) is 23.0. The Balaban J connectivity index is 1.51. The van der Waals surface area contributed by atoms with Crippen LogP contribution >= 0.6 is 0 Å². The summed E-state index contributed by atoms with van der Waals surface area (Å²) in [6.07, 6.45) is 1.87. The molecule has 132 valence electrons. The minimum atomic E-state index is -0.368. The van der Waals surface area contributed by atoms with Crippen LogP contribution in [0.3, 0.4) is 0 Å². The van der Waals surface area contributed by atoms with E-state index in [1.54, 1.807) is 12.1 Å². The molecule has 0 aliphatic carbocycles. The van der Waals surface area contributed by atoms with Crippen LogP contribution in [0.4, 0.5) is 10.1 Å². The first-order valence-electron chi connectivity index (χ1n) is 8.54. The number of halogens is 1. The van der Waals surface area contributed by atoms with Crippen LogP contribution in [-0.4, -0.2) is 12.5 Å². The van der Waals surface area contributed by atoms with E-state index in [-0.39, 0.29) is 11.7 Å². The Kier molecular flexibility index (Phi) is 5.99. The van der Waals surface area contributed by atoms with E-state index in [9.17, 15) is 9.18 Å². The molecule has 0 spiro atoms. The fourth-order valence-corrected chi connectivity index (χ4v) is 2.58. The first-order chi connectivity index (χ1) is 12.7. The van der Waals surface area contributed by atoms with Gasteiger partial charge < -0.3 is 10.1 Å². The van der Waals surface area contributed by atoms with Crippen molar-refractivity contribution in [2.75, 3.05) is 11.9 Å². The summed E-state index contributed by atoms with van der Waals surface area (Å²) in [5.74, 6) is 0.0497. The molecule has 1 amide bonds. The molecule has 3 nitrogen and oxygen atoms in total. The summed E-state index contributed by atoms with van der Waals surface area (Å²) in [6.45, 7) is 0.601. The number of aryl methyl sites for hydroxylation is 1. The number of carbonyl (C=O) groups is 1. The van der Waals surface area contributed by atoms with Gasteiger partial charge in [0.1, 0.15) is 11.6 Å². The van der Waals surface area contributed by atoms with Gasteiger partial charge in [0, 0.05) is 17.3 Å². The van der Waals surface area contributed by atoms with Crippen molar-refractivity contribution in [3.63, 3.8) is 0 Å². The van der Waals surface area contributed by atoms with Gasteiger partial charge in [0.25, 0.3) is 5.91 Å². The third-order valence-corrected chi connectivity index (χ3v) is 3.92. The molecule has 0 radical (unpaired) electrons. The first-order valence-corrected chi connectivity index (χ1v) is 8.54. The average molecular weight is 349 g/mol. The largest absolute Gasteiger partial charge is 0.494 e. The van der Waals surface area contributed by atoms with E-state index in [1.807, 2.05) is 30.3 Å². The van der Waals surface area contributed by atoms with Crippen LogP contribution in [0.5, 0.6) is 5.75 Å². The van der Waals surface area contributed by atoms with Crippen molar-refractivity contribution < 1.29 is 13.9 Å². The van der Waals surface area contributed by atoms with E-state index in [2.05, 4.69) is 17.4 Å². The van der Waals surface area contributed by atoms with Gasteiger partial charge in [0.2, 0.25) is 0 Å². The molecule has 1 N–H and O–H groups in total. The fourth-order valence-electron chi connectivity index (χ4n) is 2.58. The molecular formula is C22H20FNO2. The van der Waals surface area contributed by atoms with E-state index in [1.165, 1.54) is 29.8 Å². The highest BCUT2D eigenvalue weighted by Gasteiger charge is 2.07. The van der Waals surface area contributed by atoms with Crippen molar-refractivity contribution in [2.45, 2.75) is 12.8 Å². The lowest BCUT2D eigenvalue weighted by Crippen LogP contribution is -2.11. The Morgan fingerprint density at radius 3 is 2.46 bits per heavy atom. The lowest BCUT2D eigenvalue weighted by atomic mass is 10.1. The number of anilines is 1. The van der Waals surface area contributed by atoms with E-state index in [0.717, 1.165) is 12.8 Å². The van der Waals surface area contributed by atoms with Crippen molar-refractivity contribution >= 4 is 11.6 Å². The molecule has 0 heterocycles. The first kappa shape index (κ1) is 17.7. The smallest absolute Gasteiger partial charge is 0.255 e. The predicted molar refractivity (Wildman–Crippen MR) is 101 cm³/mol. The van der Waals surface area contributed by atoms with Gasteiger partial charge in [-0.2, -0.15) is 0 Å². The van der Waals surface area contributed by atoms with Crippen LogP contribution in [0.25, 0.3) is 0 Å². The van der Waals surface area contributed by atoms with Crippen LogP contribution in [0.1, 0.15) is 22.3 Å². The monoisotopic (exact) mass is 349 g/mol. The van der Waals surface area contributed by atoms with Gasteiger partial charge in [-0.1, -0.05) is 36.4 Å². The van der Waals surface area contributed by atoms with E-state index < -0.39 is 0 Å². The second kappa shape index (κ2) is 8.81. The molecule has 0 aliphatic rings. The van der Waals surface area contributed by atoms with Gasteiger partial charge >= 0.3 is 0 Å². The number of carbonyl (C=O) groups excluding carboxylic acids is 1. The van der Waals surface area contributed by atoms with Crippen molar-refractivity contribution in [1.82, 2.24) is 0 Å². The molecule has 0 bridgehead atoms. The van der Waals surface area contributed by atoms with Gasteiger partial charge in [0.05, 0.1) is 6.61 Å². The van der Waals surface area contributed by atoms with Crippen LogP contribution < -0.4 is 10.1 Å². The van der Waals surface area contributed by atoms with Crippen molar-refractivity contribution in [1.29, 1.82) is 0 Å². The maximum atomic E-state index is 12.9. The van der Waals surface area contributed by atoms with Crippen molar-refractivity contribution in [2.24, 2.45) is 0 Å². The molecule has 3 rings (SSSR count). The highest BCUT2D eigenvalue weighted by atomic mass is 19.1. The number of nitrogens with one attached hydrogen (secondary N) is 1. The molecule has 0 fully saturated rings. The van der Waals surface area contributed by atoms with Gasteiger partial charge in [-0.15, -0.1) is 0 Å². The van der Waals surface area contributed by atoms with Gasteiger partial charge in [-0.3, -0.25) is 4.79 Å². The minimum Gasteiger partial charge on any atom is -0.494 e. The van der Waals surface area contributed by atoms with E-state index in [4.69, 9.17) is 4.74 Å². The van der Waals surface area contributed by atoms with E-state index >= 15 is 0 Å². The lowest BCUT2D eigenvalue weighted by Gasteiger charge is -2.09. The molecule has 0 atom stereocenters. The lowest BCUT2D eigenvalue weighted by molar-refractivity contribution is 0.102. The maximum Gasteiger partial charge on any atom is 0.255 e. The van der Waals surface area contributed by atoms with Crippen LogP contribution in [-0.2, 0) is 6.42 Å². The zero-order valence-corrected chi connectivity index (χ0v) is 14.3. The number of hydrogen-bond acceptors (Lipinski definition) is 2. The third kappa shape index (κ3) is 5.18. The van der Waals surface area contributed by atoms with Crippen LogP contribution in [0.2, 0.25) is 0 Å². The topological polar surface area (TPSA) is 38.3 Å². The minimum absolute atomic E-state index is 0.286. The second-order valence-electron chi connectivity index (χ2n) is 5.93. The van der Waals surface area contributed by atoms with Crippen LogP contribution in [0.15, 0.2) is 78.9 Å². The Hall–Kier alpha value is -3.14. The Morgan fingerprint density at radius 2 is 1.69 bits per heavy atom. The molecule has 3 aromatic rings. The zero-order chi connectivity index (χ0) is 18.2. The number of amides is 1. The Morgan fingerprint density at radius 1 is 0.923 bits per heavy atom. The highest BCUT2D eigenvalue weighted by Crippen LogP contribution is 2.18. The van der Waals surface area contributed by atoms with Crippen molar-refractivity contribution in [3.05, 3.63) is 95.8 Å². The molecule has 0 aromatic heterocycles. The molecule has 0 saturated carbocycles. The summed E-state index contributed by atoms with van der Waals surface area (Å²) < 4.78 is 18.7. The summed E-state index contributed by atoms with van der Waals surface area (Å²) in [7, 11) is 0. The SMILES string of the molecule is O=C(Nc1cccc(OCCCc2ccccc2)c1)c1ccc(F)cc1. The van der Waals surface area contributed by atoms with Gasteiger partial charge in [-0.05, 0) is 54.8 Å². The van der Waals surface area contributed by atoms with Crippen molar-refractivity contribution in [3.8, 4) is 5.75 Å². The number of hydrogen-bond donors (Lipinski definition) is 1. The molecular weight excluding hydrogens is 329 g/mol. The Bertz CT molecular complexity index is 848. The molecule has 3 aromatic carbocycles. The number of rotatable bonds is 7. The van der Waals surface area contributed by atoms with Crippen LogP contribution in [0, 0.1) is 5.82 Å². The molecule has 0 aliphatic heterocycles. The summed E-state index contributed by atoms with van der Waals surface area (Å²) in [5.41, 5.74) is 2.33. The second-order valence-corrected chi connectivity index (χ2v) is 5.93. The standard InChI is InChI=1S/C22H20FNO2/c23-19-13-11-18(12-14-19)22(25)24-20-9-4-10-21(16-20)26-15-5-8-17-6-2-1-3-7-17/h1-4,6-7,9-14,16H,5,8,15H2,(H,24,25). The highest BCUT2D eigenvalue weighted by molar-refractivity contribution is 6.04. The van der Waals surface area contributed by atoms with Gasteiger partial charge in [0.15, 0.2) is 0 Å². The molecule has 4 heteroatoms. The molecule has 26 heavy (non-hydrogen) atoms. The summed E-state index contributed by atoms with van der Waals surface area (Å²) in [5, 5.41) is 2.79. The number of benzene rings is 3. The maximum absolute atomic E-state index is 12.9. The quantitative estimate of drug-likeness (QED) is 0.603. The fraction of sp³-hybridized carbons (Fsp3) is 0.136. The third-order valence-electron chi connectivity index (χ3n) is 3.92. The predicted octanol–water partition coefficient (Wildman–Crippen LogP) is 5.09. The average Bonchev–Trinajstić information content (AvgIpc) is 2.67. The normalized spacial score (nSPS) is 10.3. The zero-order valence-electron chi connectivity index (χ0n) is 14.3. The Labute approximate surface area is 152 Å². The summed E-state index contributed by atoms with van der Waals surface area (Å²) in [4.78, 5) is 12.2. The van der Waals surface area contributed by atoms with E-state index in [0.29, 0.717) is 23.6 Å². The van der Waals surface area contributed by atoms with Gasteiger partial charge in [-0.25, -0.2) is 4.39 Å².